The Kier molecular flexibility index (Phi) is 4.74. The third-order valence-electron chi connectivity index (χ3n) is 4.51. The van der Waals surface area contributed by atoms with Gasteiger partial charge in [0.25, 0.3) is 0 Å². The van der Waals surface area contributed by atoms with Crippen LogP contribution in [0.15, 0.2) is 0 Å². The molecule has 0 aliphatic carbocycles. The Morgan fingerprint density at radius 2 is 0.810 bits per heavy atom. The lowest BCUT2D eigenvalue weighted by molar-refractivity contribution is 0.471. The van der Waals surface area contributed by atoms with E-state index in [9.17, 15) is 17.6 Å². The molecule has 0 nitrogen and oxygen atoms in total. The molecule has 0 spiro atoms. The highest BCUT2D eigenvalue weighted by Gasteiger charge is 2.45. The lowest BCUT2D eigenvalue weighted by Crippen LogP contribution is -2.64. The minimum atomic E-state index is -2.59. The summed E-state index contributed by atoms with van der Waals surface area (Å²) in [5, 5.41) is -0.680. The molecular weight excluding hydrogens is 328 g/mol. The minimum Gasteiger partial charge on any atom is -0.204 e. The summed E-state index contributed by atoms with van der Waals surface area (Å²) >= 11 is 0. The quantitative estimate of drug-likeness (QED) is 0.436. The van der Waals surface area contributed by atoms with Crippen molar-refractivity contribution in [1.82, 2.24) is 0 Å². The van der Waals surface area contributed by atoms with Crippen LogP contribution < -0.4 is 10.4 Å². The van der Waals surface area contributed by atoms with E-state index in [2.05, 4.69) is 0 Å². The van der Waals surface area contributed by atoms with E-state index < -0.39 is 46.5 Å². The molecule has 0 saturated heterocycles. The van der Waals surface area contributed by atoms with Crippen LogP contribution in [0.25, 0.3) is 0 Å². The molecule has 0 radical (unpaired) electrons. The monoisotopic (exact) mass is 352 g/mol. The number of hydrogen-bond donors (Lipinski definition) is 0. The largest absolute Gasteiger partial charge is 0.204 e. The van der Waals surface area contributed by atoms with E-state index in [-0.39, 0.29) is 10.4 Å². The van der Waals surface area contributed by atoms with Crippen molar-refractivity contribution in [3.05, 3.63) is 23.3 Å². The molecule has 0 atom stereocenters. The van der Waals surface area contributed by atoms with E-state index in [0.717, 1.165) is 0 Å². The Hall–Kier alpha value is -0.409. The van der Waals surface area contributed by atoms with Gasteiger partial charge in [-0.15, -0.1) is 0 Å². The van der Waals surface area contributed by atoms with Crippen LogP contribution in [0, 0.1) is 23.3 Å². The molecule has 0 saturated carbocycles. The Morgan fingerprint density at radius 1 is 0.524 bits per heavy atom. The fourth-order valence-electron chi connectivity index (χ4n) is 2.21. The lowest BCUT2D eigenvalue weighted by Gasteiger charge is -2.36. The number of rotatable bonds is 3. The summed E-state index contributed by atoms with van der Waals surface area (Å²) in [5.41, 5.74) is 0. The molecule has 0 unspecified atom stereocenters. The van der Waals surface area contributed by atoms with Crippen LogP contribution in [-0.2, 0) is 0 Å². The zero-order valence-electron chi connectivity index (χ0n) is 14.0. The molecule has 7 heteroatoms. The number of benzene rings is 1. The van der Waals surface area contributed by atoms with E-state index in [4.69, 9.17) is 0 Å². The zero-order valence-corrected chi connectivity index (χ0v) is 17.0. The lowest BCUT2D eigenvalue weighted by atomic mass is 10.3. The van der Waals surface area contributed by atoms with Gasteiger partial charge in [0.1, 0.15) is 0 Å². The van der Waals surface area contributed by atoms with E-state index in [1.165, 1.54) is 0 Å². The highest BCUT2D eigenvalue weighted by atomic mass is 29.3. The maximum atomic E-state index is 14.6. The van der Waals surface area contributed by atoms with Crippen molar-refractivity contribution in [2.45, 2.75) is 52.4 Å². The first-order chi connectivity index (χ1) is 9.14. The summed E-state index contributed by atoms with van der Waals surface area (Å²) < 4.78 is 57.9. The van der Waals surface area contributed by atoms with Gasteiger partial charge in [0.05, 0.1) is 15.7 Å². The Bertz CT molecular complexity index is 540. The molecule has 1 aromatic carbocycles. The van der Waals surface area contributed by atoms with Crippen LogP contribution in [0.3, 0.4) is 0 Å². The van der Waals surface area contributed by atoms with Crippen LogP contribution in [0.1, 0.15) is 0 Å². The first kappa shape index (κ1) is 18.6. The summed E-state index contributed by atoms with van der Waals surface area (Å²) in [6.45, 7) is 14.6. The van der Waals surface area contributed by atoms with Crippen LogP contribution in [-0.4, -0.2) is 23.3 Å². The molecule has 0 fully saturated rings. The zero-order chi connectivity index (χ0) is 17.0. The van der Waals surface area contributed by atoms with Gasteiger partial charge in [-0.05, 0) is 0 Å². The molecule has 0 heterocycles. The fourth-order valence-corrected chi connectivity index (χ4v) is 8.73. The number of halogens is 4. The van der Waals surface area contributed by atoms with E-state index in [1.807, 2.05) is 19.6 Å². The van der Waals surface area contributed by atoms with Gasteiger partial charge >= 0.3 is 0 Å². The fraction of sp³-hybridized carbons (Fsp3) is 0.571. The van der Waals surface area contributed by atoms with Crippen molar-refractivity contribution in [3.8, 4) is 0 Å². The molecule has 0 aromatic heterocycles. The molecule has 120 valence electrons. The van der Waals surface area contributed by atoms with Crippen molar-refractivity contribution >= 4 is 33.6 Å². The van der Waals surface area contributed by atoms with Crippen molar-refractivity contribution in [1.29, 1.82) is 0 Å². The second-order valence-corrected chi connectivity index (χ2v) is 29.6. The highest BCUT2D eigenvalue weighted by Crippen LogP contribution is 2.24. The molecule has 0 bridgehead atoms. The van der Waals surface area contributed by atoms with Crippen LogP contribution in [0.5, 0.6) is 0 Å². The summed E-state index contributed by atoms with van der Waals surface area (Å²) in [6.07, 6.45) is 0. The van der Waals surface area contributed by atoms with Gasteiger partial charge in [-0.25, -0.2) is 17.6 Å². The predicted octanol–water partition coefficient (Wildman–Crippen LogP) is 4.12. The number of hydrogen-bond acceptors (Lipinski definition) is 0. The third-order valence-corrected chi connectivity index (χ3v) is 23.9. The highest BCUT2D eigenvalue weighted by molar-refractivity contribution is 7.45. The topological polar surface area (TPSA) is 0 Å². The van der Waals surface area contributed by atoms with Crippen molar-refractivity contribution in [2.24, 2.45) is 0 Å². The smallest absolute Gasteiger partial charge is 0.161 e. The average molecular weight is 353 g/mol. The van der Waals surface area contributed by atoms with Crippen molar-refractivity contribution < 1.29 is 17.6 Å². The molecule has 0 N–H and O–H groups in total. The van der Waals surface area contributed by atoms with Gasteiger partial charge in [-0.2, -0.15) is 0 Å². The SMILES string of the molecule is C[Si](C)(C)c1c(F)c(F)c([Si](C)(C)[Si](C)(C)C)c(F)c1F. The van der Waals surface area contributed by atoms with E-state index in [0.29, 0.717) is 0 Å². The summed E-state index contributed by atoms with van der Waals surface area (Å²) in [6, 6.07) is 0. The first-order valence-corrected chi connectivity index (χ1v) is 18.0. The normalized spacial score (nSPS) is 13.7. The standard InChI is InChI=1S/C14H24F4Si3/c1-19(2,3)13-9(15)11(17)14(12(18)10(13)16)21(7,8)20(4,5)6/h1-8H3. The van der Waals surface area contributed by atoms with E-state index in [1.54, 1.807) is 32.7 Å². The van der Waals surface area contributed by atoms with Crippen molar-refractivity contribution in [2.75, 3.05) is 0 Å². The molecule has 1 aromatic rings. The van der Waals surface area contributed by atoms with Gasteiger partial charge in [0.2, 0.25) is 0 Å². The Labute approximate surface area is 127 Å². The maximum absolute atomic E-state index is 14.6. The van der Waals surface area contributed by atoms with Gasteiger partial charge in [-0.3, -0.25) is 0 Å². The van der Waals surface area contributed by atoms with Crippen LogP contribution in [0.2, 0.25) is 52.4 Å². The van der Waals surface area contributed by atoms with Gasteiger partial charge < -0.3 is 0 Å². The summed E-state index contributed by atoms with van der Waals surface area (Å²) in [4.78, 5) is 0. The minimum absolute atomic E-state index is 0.307. The maximum Gasteiger partial charge on any atom is 0.161 e. The summed E-state index contributed by atoms with van der Waals surface area (Å²) in [7, 11) is -7.07. The molecule has 0 aliphatic heterocycles. The molecule has 0 aliphatic rings. The van der Waals surface area contributed by atoms with Gasteiger partial charge in [0.15, 0.2) is 23.3 Å². The van der Waals surface area contributed by atoms with Crippen molar-refractivity contribution in [3.63, 3.8) is 0 Å². The molecular formula is C14H24F4Si3. The predicted molar refractivity (Wildman–Crippen MR) is 89.7 cm³/mol. The first-order valence-electron chi connectivity index (χ1n) is 7.01. The van der Waals surface area contributed by atoms with Crippen LogP contribution >= 0.6 is 0 Å². The Balaban J connectivity index is 3.84. The van der Waals surface area contributed by atoms with E-state index >= 15 is 0 Å². The average Bonchev–Trinajstić information content (AvgIpc) is 2.23. The van der Waals surface area contributed by atoms with Gasteiger partial charge in [-0.1, -0.05) is 52.4 Å². The molecule has 21 heavy (non-hydrogen) atoms. The van der Waals surface area contributed by atoms with Gasteiger partial charge in [0, 0.05) is 18.0 Å². The second-order valence-electron chi connectivity index (χ2n) is 8.13. The molecule has 1 rings (SSSR count). The van der Waals surface area contributed by atoms with Crippen LogP contribution in [0.4, 0.5) is 17.6 Å². The second kappa shape index (κ2) is 5.35. The third kappa shape index (κ3) is 3.05. The summed E-state index contributed by atoms with van der Waals surface area (Å²) in [5.74, 6) is -4.68. The molecule has 0 amide bonds. The Morgan fingerprint density at radius 3 is 1.05 bits per heavy atom.